The minimum absolute atomic E-state index is 0. The van der Waals surface area contributed by atoms with Crippen molar-refractivity contribution in [2.75, 3.05) is 20.5 Å². The lowest BCUT2D eigenvalue weighted by atomic mass is 9.91. The molecule has 3 aromatic rings. The number of hydrogen-bond acceptors (Lipinski definition) is 4. The Morgan fingerprint density at radius 3 is 2.61 bits per heavy atom. The summed E-state index contributed by atoms with van der Waals surface area (Å²) in [6, 6.07) is 14.2. The third kappa shape index (κ3) is 5.63. The third-order valence-electron chi connectivity index (χ3n) is 6.32. The number of nitrogens with zero attached hydrogens (tertiary/aromatic N) is 1. The summed E-state index contributed by atoms with van der Waals surface area (Å²) in [6.45, 7) is 8.60. The van der Waals surface area contributed by atoms with Crippen LogP contribution >= 0.6 is 0 Å². The largest absolute Gasteiger partial charge is 0.467 e. The SMILES string of the molecule is C.C=C(CC)c1cn(-c2ccc(C(=O)OCC)c(OCOC)c2)cc1C1=CCCCc2ccccc21. The summed E-state index contributed by atoms with van der Waals surface area (Å²) in [4.78, 5) is 12.4. The minimum atomic E-state index is -0.418. The molecule has 0 atom stereocenters. The number of esters is 1. The molecule has 0 saturated heterocycles. The first kappa shape index (κ1) is 27.0. The number of allylic oxidation sites excluding steroid dienone is 2. The molecule has 0 saturated carbocycles. The normalized spacial score (nSPS) is 12.6. The standard InChI is InChI=1S/C30H33NO4.CH4/c1-5-21(3)27-18-31(19-28(27)25-14-10-8-12-22-11-7-9-13-24(22)25)23-15-16-26(30(32)34-6-2)29(17-23)35-20-33-4;/h7,9,11,13-19H,3,5-6,8,10,12,20H2,1-2,4H3;1H4. The number of rotatable bonds is 9. The van der Waals surface area contributed by atoms with E-state index in [1.165, 1.54) is 22.3 Å². The molecule has 4 rings (SSSR count). The lowest BCUT2D eigenvalue weighted by molar-refractivity contribution is 0.0438. The highest BCUT2D eigenvalue weighted by atomic mass is 16.7. The second-order valence-electron chi connectivity index (χ2n) is 8.57. The van der Waals surface area contributed by atoms with E-state index in [2.05, 4.69) is 60.8 Å². The molecule has 0 bridgehead atoms. The van der Waals surface area contributed by atoms with Gasteiger partial charge in [-0.15, -0.1) is 0 Å². The molecule has 0 spiro atoms. The van der Waals surface area contributed by atoms with Crippen LogP contribution in [0.3, 0.4) is 0 Å². The Morgan fingerprint density at radius 1 is 1.06 bits per heavy atom. The predicted octanol–water partition coefficient (Wildman–Crippen LogP) is 7.46. The van der Waals surface area contributed by atoms with Gasteiger partial charge < -0.3 is 18.8 Å². The Hall–Kier alpha value is -3.57. The van der Waals surface area contributed by atoms with Gasteiger partial charge in [-0.25, -0.2) is 4.79 Å². The molecule has 1 aliphatic rings. The fourth-order valence-electron chi connectivity index (χ4n) is 4.49. The zero-order valence-corrected chi connectivity index (χ0v) is 20.8. The number of aryl methyl sites for hydroxylation is 1. The van der Waals surface area contributed by atoms with Gasteiger partial charge in [0.25, 0.3) is 0 Å². The van der Waals surface area contributed by atoms with E-state index in [0.717, 1.165) is 42.5 Å². The first-order valence-electron chi connectivity index (χ1n) is 12.2. The zero-order chi connectivity index (χ0) is 24.8. The van der Waals surface area contributed by atoms with Crippen molar-refractivity contribution >= 4 is 17.1 Å². The molecule has 1 aromatic heterocycles. The molecular weight excluding hydrogens is 450 g/mol. The van der Waals surface area contributed by atoms with Crippen LogP contribution < -0.4 is 4.74 Å². The van der Waals surface area contributed by atoms with E-state index >= 15 is 0 Å². The van der Waals surface area contributed by atoms with Crippen molar-refractivity contribution in [2.45, 2.75) is 47.0 Å². The van der Waals surface area contributed by atoms with E-state index in [0.29, 0.717) is 17.9 Å². The molecule has 1 heterocycles. The van der Waals surface area contributed by atoms with Gasteiger partial charge in [0.1, 0.15) is 11.3 Å². The summed E-state index contributed by atoms with van der Waals surface area (Å²) >= 11 is 0. The van der Waals surface area contributed by atoms with Crippen LogP contribution in [0.25, 0.3) is 16.8 Å². The molecule has 5 heteroatoms. The fourth-order valence-corrected chi connectivity index (χ4v) is 4.49. The smallest absolute Gasteiger partial charge is 0.341 e. The second kappa shape index (κ2) is 12.4. The van der Waals surface area contributed by atoms with E-state index in [1.54, 1.807) is 20.1 Å². The van der Waals surface area contributed by atoms with Gasteiger partial charge in [0.15, 0.2) is 6.79 Å². The molecule has 0 radical (unpaired) electrons. The molecule has 0 amide bonds. The van der Waals surface area contributed by atoms with Gasteiger partial charge in [-0.1, -0.05) is 51.3 Å². The van der Waals surface area contributed by atoms with Gasteiger partial charge in [-0.2, -0.15) is 0 Å². The summed E-state index contributed by atoms with van der Waals surface area (Å²) < 4.78 is 18.1. The minimum Gasteiger partial charge on any atom is -0.467 e. The summed E-state index contributed by atoms with van der Waals surface area (Å²) in [5, 5.41) is 0. The summed E-state index contributed by atoms with van der Waals surface area (Å²) in [6.07, 6.45) is 10.7. The number of hydrogen-bond donors (Lipinski definition) is 0. The molecule has 2 aromatic carbocycles. The van der Waals surface area contributed by atoms with E-state index in [9.17, 15) is 4.79 Å². The predicted molar refractivity (Wildman–Crippen MR) is 147 cm³/mol. The zero-order valence-electron chi connectivity index (χ0n) is 20.8. The van der Waals surface area contributed by atoms with Crippen molar-refractivity contribution in [3.63, 3.8) is 0 Å². The van der Waals surface area contributed by atoms with Crippen LogP contribution in [0.2, 0.25) is 0 Å². The number of benzene rings is 2. The van der Waals surface area contributed by atoms with Crippen LogP contribution in [0, 0.1) is 0 Å². The Morgan fingerprint density at radius 2 is 1.86 bits per heavy atom. The van der Waals surface area contributed by atoms with Gasteiger partial charge in [0.2, 0.25) is 0 Å². The first-order chi connectivity index (χ1) is 17.1. The highest BCUT2D eigenvalue weighted by molar-refractivity contribution is 5.93. The van der Waals surface area contributed by atoms with Gasteiger partial charge >= 0.3 is 5.97 Å². The molecule has 1 aliphatic carbocycles. The Balaban J connectivity index is 0.00000361. The fraction of sp³-hybridized carbons (Fsp3) is 0.323. The van der Waals surface area contributed by atoms with Crippen LogP contribution in [0.5, 0.6) is 5.75 Å². The van der Waals surface area contributed by atoms with Gasteiger partial charge in [0.05, 0.1) is 6.61 Å². The molecule has 0 N–H and O–H groups in total. The molecule has 0 unspecified atom stereocenters. The Labute approximate surface area is 215 Å². The number of fused-ring (bicyclic) bond motifs is 1. The quantitative estimate of drug-likeness (QED) is 0.232. The van der Waals surface area contributed by atoms with E-state index < -0.39 is 5.97 Å². The lowest BCUT2D eigenvalue weighted by Crippen LogP contribution is -2.10. The second-order valence-corrected chi connectivity index (χ2v) is 8.57. The van der Waals surface area contributed by atoms with Crippen LogP contribution in [0.1, 0.15) is 73.1 Å². The maximum absolute atomic E-state index is 12.4. The van der Waals surface area contributed by atoms with E-state index in [-0.39, 0.29) is 14.2 Å². The first-order valence-corrected chi connectivity index (χ1v) is 12.2. The van der Waals surface area contributed by atoms with Gasteiger partial charge in [-0.05, 0) is 67.0 Å². The summed E-state index contributed by atoms with van der Waals surface area (Å²) in [7, 11) is 1.55. The third-order valence-corrected chi connectivity index (χ3v) is 6.32. The van der Waals surface area contributed by atoms with E-state index in [1.807, 2.05) is 12.1 Å². The Bertz CT molecular complexity index is 1250. The van der Waals surface area contributed by atoms with Crippen LogP contribution in [0.15, 0.2) is 67.5 Å². The molecule has 36 heavy (non-hydrogen) atoms. The average Bonchev–Trinajstić information content (AvgIpc) is 3.21. The topological polar surface area (TPSA) is 49.7 Å². The lowest BCUT2D eigenvalue weighted by Gasteiger charge is -2.13. The molecular formula is C31H37NO4. The van der Waals surface area contributed by atoms with Crippen LogP contribution in [0.4, 0.5) is 0 Å². The van der Waals surface area contributed by atoms with Crippen molar-refractivity contribution in [2.24, 2.45) is 0 Å². The molecule has 0 aliphatic heterocycles. The number of aromatic nitrogens is 1. The van der Waals surface area contributed by atoms with Crippen LogP contribution in [-0.2, 0) is 15.9 Å². The average molecular weight is 488 g/mol. The van der Waals surface area contributed by atoms with Crippen LogP contribution in [-0.4, -0.2) is 31.0 Å². The molecule has 5 nitrogen and oxygen atoms in total. The molecule has 0 fully saturated rings. The number of carbonyl (C=O) groups is 1. The van der Waals surface area contributed by atoms with Crippen molar-refractivity contribution in [1.29, 1.82) is 0 Å². The van der Waals surface area contributed by atoms with Crippen molar-refractivity contribution in [1.82, 2.24) is 4.57 Å². The Kier molecular flexibility index (Phi) is 9.31. The number of ether oxygens (including phenoxy) is 3. The summed E-state index contributed by atoms with van der Waals surface area (Å²) in [5.74, 6) is 0.00608. The summed E-state index contributed by atoms with van der Waals surface area (Å²) in [5.41, 5.74) is 8.55. The van der Waals surface area contributed by atoms with Crippen molar-refractivity contribution in [3.8, 4) is 11.4 Å². The highest BCUT2D eigenvalue weighted by Crippen LogP contribution is 2.37. The van der Waals surface area contributed by atoms with Crippen molar-refractivity contribution < 1.29 is 19.0 Å². The highest BCUT2D eigenvalue weighted by Gasteiger charge is 2.20. The van der Waals surface area contributed by atoms with Gasteiger partial charge in [-0.3, -0.25) is 0 Å². The maximum Gasteiger partial charge on any atom is 0.341 e. The monoisotopic (exact) mass is 487 g/mol. The molecule has 190 valence electrons. The van der Waals surface area contributed by atoms with Crippen molar-refractivity contribution in [3.05, 3.63) is 95.3 Å². The number of carbonyl (C=O) groups excluding carboxylic acids is 1. The maximum atomic E-state index is 12.4. The van der Waals surface area contributed by atoms with E-state index in [4.69, 9.17) is 14.2 Å². The number of methoxy groups -OCH3 is 1. The van der Waals surface area contributed by atoms with Gasteiger partial charge in [0, 0.05) is 42.4 Å².